The van der Waals surface area contributed by atoms with E-state index in [1.54, 1.807) is 6.20 Å². The van der Waals surface area contributed by atoms with E-state index in [1.807, 2.05) is 46.0 Å². The van der Waals surface area contributed by atoms with Crippen molar-refractivity contribution in [2.75, 3.05) is 0 Å². The second-order valence-electron chi connectivity index (χ2n) is 12.7. The molecular formula is C45H45BIrN5-. The predicted molar refractivity (Wildman–Crippen MR) is 214 cm³/mol. The molecule has 0 fully saturated rings. The summed E-state index contributed by atoms with van der Waals surface area (Å²) in [7, 11) is 0. The molecule has 1 aliphatic rings. The van der Waals surface area contributed by atoms with Gasteiger partial charge in [0.05, 0.1) is 19.3 Å². The molecule has 0 N–H and O–H groups in total. The maximum Gasteiger partial charge on any atom is 0.108 e. The van der Waals surface area contributed by atoms with E-state index in [4.69, 9.17) is 0 Å². The SMILES string of the molecule is C1=C\CC/C=C\CC/1.[Ir].c1ccc(Cn2cc(Cn3cccn3)nn2)cc1.c1ccc([B-](c2ccccc2)(c2ccccc2)c2ccccc2)cc1. The molecule has 1 radical (unpaired) electrons. The van der Waals surface area contributed by atoms with Crippen molar-refractivity contribution in [3.8, 4) is 0 Å². The van der Waals surface area contributed by atoms with Gasteiger partial charge in [0.25, 0.3) is 0 Å². The Morgan fingerprint density at radius 3 is 1.25 bits per heavy atom. The standard InChI is InChI=1S/C24H20B.C13H13N5.C8H12.Ir/c1-5-13-21(14-6-1)25(22-15-7-2-8-16-22,23-17-9-3-10-18-23)24-19-11-4-12-20-24;1-2-5-12(6-3-1)9-18-11-13(15-16-18)10-17-8-4-7-14-17;1-2-4-6-8-7-5-3-1;/h1-20H;1-8,11H,9-10H2;1-2,7-8H,3-6H2;/q-1;;;/b;;2-1-,8-7-;. The first kappa shape index (κ1) is 37.9. The Morgan fingerprint density at radius 1 is 0.462 bits per heavy atom. The summed E-state index contributed by atoms with van der Waals surface area (Å²) >= 11 is 0. The smallest absolute Gasteiger partial charge is 0.108 e. The molecule has 0 saturated carbocycles. The van der Waals surface area contributed by atoms with Crippen molar-refractivity contribution < 1.29 is 20.1 Å². The Hall–Kier alpha value is -5.36. The van der Waals surface area contributed by atoms with Gasteiger partial charge in [-0.1, -0.05) is 181 Å². The molecule has 5 aromatic carbocycles. The van der Waals surface area contributed by atoms with Gasteiger partial charge in [-0.3, -0.25) is 4.68 Å². The van der Waals surface area contributed by atoms with Crippen molar-refractivity contribution >= 4 is 28.0 Å². The van der Waals surface area contributed by atoms with Crippen LogP contribution in [-0.4, -0.2) is 30.9 Å². The molecule has 0 aliphatic heterocycles. The molecule has 2 aromatic heterocycles. The summed E-state index contributed by atoms with van der Waals surface area (Å²) in [4.78, 5) is 0. The van der Waals surface area contributed by atoms with E-state index in [1.165, 1.54) is 53.1 Å². The fourth-order valence-corrected chi connectivity index (χ4v) is 6.80. The first-order chi connectivity index (χ1) is 25.3. The Morgan fingerprint density at radius 2 is 0.865 bits per heavy atom. The van der Waals surface area contributed by atoms with Crippen LogP contribution in [0.15, 0.2) is 201 Å². The molecule has 0 bridgehead atoms. The maximum absolute atomic E-state index is 4.14. The van der Waals surface area contributed by atoms with Gasteiger partial charge in [-0.2, -0.15) is 26.9 Å². The molecular weight excluding hydrogens is 814 g/mol. The van der Waals surface area contributed by atoms with Crippen molar-refractivity contribution in [1.82, 2.24) is 24.8 Å². The Labute approximate surface area is 322 Å². The molecule has 0 saturated heterocycles. The number of aromatic nitrogens is 5. The maximum atomic E-state index is 4.14. The van der Waals surface area contributed by atoms with Gasteiger partial charge < -0.3 is 0 Å². The third kappa shape index (κ3) is 10.3. The molecule has 0 unspecified atom stereocenters. The fraction of sp³-hybridized carbons (Fsp3) is 0.133. The molecule has 8 rings (SSSR count). The second kappa shape index (κ2) is 20.5. The van der Waals surface area contributed by atoms with Crippen molar-refractivity contribution in [1.29, 1.82) is 0 Å². The number of rotatable bonds is 8. The van der Waals surface area contributed by atoms with E-state index in [9.17, 15) is 0 Å². The Kier molecular flexibility index (Phi) is 14.9. The molecule has 0 atom stereocenters. The summed E-state index contributed by atoms with van der Waals surface area (Å²) in [6.07, 6.45) is 18.4. The van der Waals surface area contributed by atoms with Gasteiger partial charge in [-0.05, 0) is 37.3 Å². The van der Waals surface area contributed by atoms with Crippen LogP contribution >= 0.6 is 0 Å². The zero-order chi connectivity index (χ0) is 34.8. The van der Waals surface area contributed by atoms with Crippen LogP contribution in [0.5, 0.6) is 0 Å². The third-order valence-corrected chi connectivity index (χ3v) is 9.19. The van der Waals surface area contributed by atoms with E-state index >= 15 is 0 Å². The molecule has 0 amide bonds. The van der Waals surface area contributed by atoms with Crippen molar-refractivity contribution in [2.45, 2.75) is 38.8 Å². The zero-order valence-electron chi connectivity index (χ0n) is 29.4. The molecule has 1 aliphatic carbocycles. The average Bonchev–Trinajstić information content (AvgIpc) is 3.87. The van der Waals surface area contributed by atoms with Crippen LogP contribution in [0.4, 0.5) is 0 Å². The van der Waals surface area contributed by atoms with E-state index in [0.717, 1.165) is 12.2 Å². The molecule has 52 heavy (non-hydrogen) atoms. The minimum Gasteiger partial charge on any atom is -0.267 e. The van der Waals surface area contributed by atoms with Gasteiger partial charge in [-0.15, -0.1) is 5.10 Å². The van der Waals surface area contributed by atoms with Crippen LogP contribution in [0.25, 0.3) is 0 Å². The zero-order valence-corrected chi connectivity index (χ0v) is 31.8. The molecule has 2 heterocycles. The number of nitrogens with zero attached hydrogens (tertiary/aromatic N) is 5. The second-order valence-corrected chi connectivity index (χ2v) is 12.7. The van der Waals surface area contributed by atoms with Crippen molar-refractivity contribution in [3.05, 3.63) is 212 Å². The minimum absolute atomic E-state index is 0. The minimum atomic E-state index is -1.22. The summed E-state index contributed by atoms with van der Waals surface area (Å²) in [6, 6.07) is 55.6. The summed E-state index contributed by atoms with van der Waals surface area (Å²) in [5.41, 5.74) is 7.48. The number of hydrogen-bond acceptors (Lipinski definition) is 3. The first-order valence-electron chi connectivity index (χ1n) is 17.9. The third-order valence-electron chi connectivity index (χ3n) is 9.19. The van der Waals surface area contributed by atoms with Crippen LogP contribution in [0.3, 0.4) is 0 Å². The van der Waals surface area contributed by atoms with Gasteiger partial charge in [-0.25, -0.2) is 4.68 Å². The first-order valence-corrected chi connectivity index (χ1v) is 17.9. The van der Waals surface area contributed by atoms with Crippen molar-refractivity contribution in [2.24, 2.45) is 0 Å². The van der Waals surface area contributed by atoms with Gasteiger partial charge >= 0.3 is 0 Å². The van der Waals surface area contributed by atoms with E-state index in [-0.39, 0.29) is 20.1 Å². The van der Waals surface area contributed by atoms with E-state index < -0.39 is 6.15 Å². The van der Waals surface area contributed by atoms with Gasteiger partial charge in [0.2, 0.25) is 0 Å². The number of allylic oxidation sites excluding steroid dienone is 4. The summed E-state index contributed by atoms with van der Waals surface area (Å²) < 4.78 is 3.67. The molecule has 7 aromatic rings. The van der Waals surface area contributed by atoms with Gasteiger partial charge in [0.15, 0.2) is 0 Å². The van der Waals surface area contributed by atoms with Crippen LogP contribution in [0, 0.1) is 0 Å². The van der Waals surface area contributed by atoms with Gasteiger partial charge in [0.1, 0.15) is 11.8 Å². The van der Waals surface area contributed by atoms with Crippen molar-refractivity contribution in [3.63, 3.8) is 0 Å². The Balaban J connectivity index is 0.000000169. The molecule has 7 heteroatoms. The summed E-state index contributed by atoms with van der Waals surface area (Å²) in [5.74, 6) is 0. The van der Waals surface area contributed by atoms with E-state index in [2.05, 4.69) is 173 Å². The predicted octanol–water partition coefficient (Wildman–Crippen LogP) is 7.31. The van der Waals surface area contributed by atoms with Gasteiger partial charge in [0, 0.05) is 32.5 Å². The average molecular weight is 859 g/mol. The molecule has 0 spiro atoms. The fourth-order valence-electron chi connectivity index (χ4n) is 6.80. The molecule has 263 valence electrons. The largest absolute Gasteiger partial charge is 0.267 e. The monoisotopic (exact) mass is 859 g/mol. The van der Waals surface area contributed by atoms with Crippen LogP contribution in [-0.2, 0) is 33.2 Å². The number of hydrogen-bond donors (Lipinski definition) is 0. The van der Waals surface area contributed by atoms with Crippen LogP contribution in [0.2, 0.25) is 0 Å². The van der Waals surface area contributed by atoms with Crippen LogP contribution in [0.1, 0.15) is 36.9 Å². The number of benzene rings is 5. The summed E-state index contributed by atoms with van der Waals surface area (Å²) in [6.45, 7) is 1.40. The van der Waals surface area contributed by atoms with Crippen LogP contribution < -0.4 is 21.9 Å². The Bertz CT molecular complexity index is 1840. The normalized spacial score (nSPS) is 13.4. The quantitative estimate of drug-likeness (QED) is 0.119. The molecule has 5 nitrogen and oxygen atoms in total. The van der Waals surface area contributed by atoms with E-state index in [0.29, 0.717) is 6.54 Å². The summed E-state index contributed by atoms with van der Waals surface area (Å²) in [5, 5.41) is 12.4. The topological polar surface area (TPSA) is 48.5 Å².